The zero-order valence-corrected chi connectivity index (χ0v) is 12.8. The Bertz CT molecular complexity index is 335. The van der Waals surface area contributed by atoms with Crippen LogP contribution in [-0.2, 0) is 9.53 Å². The summed E-state index contributed by atoms with van der Waals surface area (Å²) in [6.07, 6.45) is 0.389. The molecule has 1 heterocycles. The number of hydrogen-bond donors (Lipinski definition) is 0. The lowest BCUT2D eigenvalue weighted by Crippen LogP contribution is -2.54. The number of hydrogen-bond acceptors (Lipinski definition) is 5. The Balaban J connectivity index is 2.36. The second-order valence-corrected chi connectivity index (χ2v) is 5.21. The van der Waals surface area contributed by atoms with Gasteiger partial charge in [0, 0.05) is 53.4 Å². The highest BCUT2D eigenvalue weighted by molar-refractivity contribution is 5.81. The van der Waals surface area contributed by atoms with Crippen LogP contribution in [0.15, 0.2) is 0 Å². The first-order valence-electron chi connectivity index (χ1n) is 7.17. The highest BCUT2D eigenvalue weighted by Gasteiger charge is 2.27. The second-order valence-electron chi connectivity index (χ2n) is 5.21. The molecule has 20 heavy (non-hydrogen) atoms. The van der Waals surface area contributed by atoms with Gasteiger partial charge in [-0.3, -0.25) is 14.6 Å². The Morgan fingerprint density at radius 1 is 1.40 bits per heavy atom. The average Bonchev–Trinajstić information content (AvgIpc) is 2.49. The van der Waals surface area contributed by atoms with Crippen molar-refractivity contribution >= 4 is 5.91 Å². The Morgan fingerprint density at radius 3 is 2.60 bits per heavy atom. The SMILES string of the molecule is COCCN1CCN([C@@H](C)C(=O)N(C)CCC#N)CC1. The molecule has 0 spiro atoms. The smallest absolute Gasteiger partial charge is 0.239 e. The van der Waals surface area contributed by atoms with Gasteiger partial charge in [-0.05, 0) is 6.92 Å². The number of nitrogens with zero attached hydrogens (tertiary/aromatic N) is 4. The van der Waals surface area contributed by atoms with Gasteiger partial charge in [0.05, 0.1) is 25.1 Å². The fourth-order valence-electron chi connectivity index (χ4n) is 2.40. The summed E-state index contributed by atoms with van der Waals surface area (Å²) in [6, 6.07) is 1.96. The summed E-state index contributed by atoms with van der Waals surface area (Å²) < 4.78 is 5.08. The van der Waals surface area contributed by atoms with Gasteiger partial charge in [0.1, 0.15) is 0 Å². The maximum absolute atomic E-state index is 12.2. The van der Waals surface area contributed by atoms with Gasteiger partial charge < -0.3 is 9.64 Å². The van der Waals surface area contributed by atoms with Crippen molar-refractivity contribution in [2.45, 2.75) is 19.4 Å². The molecule has 114 valence electrons. The van der Waals surface area contributed by atoms with Crippen LogP contribution in [0.4, 0.5) is 0 Å². The Hall–Kier alpha value is -1.16. The molecular weight excluding hydrogens is 256 g/mol. The molecule has 0 unspecified atom stereocenters. The van der Waals surface area contributed by atoms with E-state index in [1.54, 1.807) is 19.1 Å². The zero-order chi connectivity index (χ0) is 15.0. The van der Waals surface area contributed by atoms with Gasteiger partial charge in [0.25, 0.3) is 0 Å². The molecule has 1 amide bonds. The number of nitriles is 1. The van der Waals surface area contributed by atoms with E-state index >= 15 is 0 Å². The third-order valence-corrected chi connectivity index (χ3v) is 3.86. The van der Waals surface area contributed by atoms with Crippen molar-refractivity contribution in [3.63, 3.8) is 0 Å². The topological polar surface area (TPSA) is 59.8 Å². The fourth-order valence-corrected chi connectivity index (χ4v) is 2.40. The van der Waals surface area contributed by atoms with Gasteiger partial charge >= 0.3 is 0 Å². The molecule has 0 aromatic carbocycles. The van der Waals surface area contributed by atoms with Crippen LogP contribution in [0, 0.1) is 11.3 Å². The minimum Gasteiger partial charge on any atom is -0.383 e. The normalized spacial score (nSPS) is 18.5. The highest BCUT2D eigenvalue weighted by atomic mass is 16.5. The van der Waals surface area contributed by atoms with Crippen molar-refractivity contribution in [2.24, 2.45) is 0 Å². The van der Waals surface area contributed by atoms with Crippen LogP contribution in [0.3, 0.4) is 0 Å². The van der Waals surface area contributed by atoms with Crippen molar-refractivity contribution in [3.8, 4) is 6.07 Å². The summed E-state index contributed by atoms with van der Waals surface area (Å²) in [6.45, 7) is 7.93. The third-order valence-electron chi connectivity index (χ3n) is 3.86. The lowest BCUT2D eigenvalue weighted by molar-refractivity contribution is -0.135. The van der Waals surface area contributed by atoms with Gasteiger partial charge in [0.2, 0.25) is 5.91 Å². The fraction of sp³-hybridized carbons (Fsp3) is 0.857. The third kappa shape index (κ3) is 5.08. The van der Waals surface area contributed by atoms with Crippen LogP contribution in [0.25, 0.3) is 0 Å². The maximum Gasteiger partial charge on any atom is 0.239 e. The van der Waals surface area contributed by atoms with Crippen molar-refractivity contribution in [2.75, 3.05) is 60.0 Å². The molecule has 1 saturated heterocycles. The number of amides is 1. The minimum absolute atomic E-state index is 0.102. The van der Waals surface area contributed by atoms with Crippen LogP contribution < -0.4 is 0 Å². The molecule has 6 heteroatoms. The quantitative estimate of drug-likeness (QED) is 0.658. The number of carbonyl (C=O) groups excluding carboxylic acids is 1. The number of methoxy groups -OCH3 is 1. The molecular formula is C14H26N4O2. The van der Waals surface area contributed by atoms with Crippen LogP contribution >= 0.6 is 0 Å². The Morgan fingerprint density at radius 2 is 2.05 bits per heavy atom. The molecule has 6 nitrogen and oxygen atoms in total. The first-order chi connectivity index (χ1) is 9.60. The van der Waals surface area contributed by atoms with E-state index < -0.39 is 0 Å². The molecule has 1 rings (SSSR count). The summed E-state index contributed by atoms with van der Waals surface area (Å²) in [5.74, 6) is 0.102. The van der Waals surface area contributed by atoms with Gasteiger partial charge in [-0.1, -0.05) is 0 Å². The van der Waals surface area contributed by atoms with Gasteiger partial charge in [-0.25, -0.2) is 0 Å². The predicted molar refractivity (Wildman–Crippen MR) is 77.2 cm³/mol. The van der Waals surface area contributed by atoms with Crippen molar-refractivity contribution < 1.29 is 9.53 Å². The first kappa shape index (κ1) is 16.9. The number of carbonyl (C=O) groups is 1. The van der Waals surface area contributed by atoms with E-state index in [1.165, 1.54) is 0 Å². The molecule has 0 bridgehead atoms. The van der Waals surface area contributed by atoms with E-state index in [0.29, 0.717) is 13.0 Å². The highest BCUT2D eigenvalue weighted by Crippen LogP contribution is 2.08. The van der Waals surface area contributed by atoms with Crippen LogP contribution in [0.1, 0.15) is 13.3 Å². The molecule has 0 aliphatic carbocycles. The van der Waals surface area contributed by atoms with Gasteiger partial charge in [-0.15, -0.1) is 0 Å². The number of rotatable bonds is 7. The van der Waals surface area contributed by atoms with E-state index in [2.05, 4.69) is 15.9 Å². The summed E-state index contributed by atoms with van der Waals surface area (Å²) in [5, 5.41) is 8.57. The van der Waals surface area contributed by atoms with E-state index in [9.17, 15) is 4.79 Å². The van der Waals surface area contributed by atoms with Crippen LogP contribution in [0.5, 0.6) is 0 Å². The Labute approximate surface area is 121 Å². The van der Waals surface area contributed by atoms with E-state index in [4.69, 9.17) is 10.00 Å². The molecule has 0 saturated carbocycles. The molecule has 1 atom stereocenters. The summed E-state index contributed by atoms with van der Waals surface area (Å²) >= 11 is 0. The first-order valence-corrected chi connectivity index (χ1v) is 7.17. The standard InChI is InChI=1S/C14H26N4O2/c1-13(14(19)16(2)6-4-5-15)18-9-7-17(8-10-18)11-12-20-3/h13H,4,6-12H2,1-3H3/t13-/m0/s1. The summed E-state index contributed by atoms with van der Waals surface area (Å²) in [7, 11) is 3.49. The van der Waals surface area contributed by atoms with Crippen molar-refractivity contribution in [1.29, 1.82) is 5.26 Å². The van der Waals surface area contributed by atoms with Crippen molar-refractivity contribution in [3.05, 3.63) is 0 Å². The molecule has 0 aromatic rings. The molecule has 1 aliphatic rings. The lowest BCUT2D eigenvalue weighted by Gasteiger charge is -2.38. The van der Waals surface area contributed by atoms with Crippen molar-refractivity contribution in [1.82, 2.24) is 14.7 Å². The predicted octanol–water partition coefficient (Wildman–Crippen LogP) is 0.0110. The molecule has 1 aliphatic heterocycles. The Kier molecular flexibility index (Phi) is 7.52. The summed E-state index contributed by atoms with van der Waals surface area (Å²) in [5.41, 5.74) is 0. The molecule has 0 radical (unpaired) electrons. The molecule has 0 N–H and O–H groups in total. The molecule has 0 aromatic heterocycles. The zero-order valence-electron chi connectivity index (χ0n) is 12.8. The monoisotopic (exact) mass is 282 g/mol. The summed E-state index contributed by atoms with van der Waals surface area (Å²) in [4.78, 5) is 18.5. The number of ether oxygens (including phenoxy) is 1. The number of piperazine rings is 1. The van der Waals surface area contributed by atoms with E-state index in [-0.39, 0.29) is 11.9 Å². The minimum atomic E-state index is -0.108. The molecule has 1 fully saturated rings. The van der Waals surface area contributed by atoms with Crippen LogP contribution in [-0.4, -0.2) is 86.7 Å². The van der Waals surface area contributed by atoms with E-state index in [0.717, 1.165) is 39.3 Å². The average molecular weight is 282 g/mol. The van der Waals surface area contributed by atoms with Gasteiger partial charge in [0.15, 0.2) is 0 Å². The second kappa shape index (κ2) is 8.90. The van der Waals surface area contributed by atoms with Gasteiger partial charge in [-0.2, -0.15) is 5.26 Å². The largest absolute Gasteiger partial charge is 0.383 e. The van der Waals surface area contributed by atoms with E-state index in [1.807, 2.05) is 6.92 Å². The lowest BCUT2D eigenvalue weighted by atomic mass is 10.2. The maximum atomic E-state index is 12.2. The number of likely N-dealkylation sites (N-methyl/N-ethyl adjacent to an activating group) is 1. The van der Waals surface area contributed by atoms with Crippen LogP contribution in [0.2, 0.25) is 0 Å².